The third kappa shape index (κ3) is 3.77. The van der Waals surface area contributed by atoms with Gasteiger partial charge >= 0.3 is 0 Å². The highest BCUT2D eigenvalue weighted by molar-refractivity contribution is 7.92. The van der Waals surface area contributed by atoms with Gasteiger partial charge in [0.25, 0.3) is 10.0 Å². The number of carbonyl (C=O) groups is 1. The Morgan fingerprint density at radius 1 is 1.50 bits per heavy atom. The third-order valence-electron chi connectivity index (χ3n) is 3.16. The first-order chi connectivity index (χ1) is 9.38. The topological polar surface area (TPSA) is 85.4 Å². The molecule has 1 saturated heterocycles. The van der Waals surface area contributed by atoms with Crippen LogP contribution in [0.3, 0.4) is 0 Å². The van der Waals surface area contributed by atoms with Crippen LogP contribution in [-0.4, -0.2) is 32.5 Å². The van der Waals surface area contributed by atoms with Crippen molar-refractivity contribution < 1.29 is 17.9 Å². The van der Waals surface area contributed by atoms with Crippen LogP contribution in [0.1, 0.15) is 30.0 Å². The second-order valence-electron chi connectivity index (χ2n) is 4.90. The number of amides is 1. The van der Waals surface area contributed by atoms with E-state index in [4.69, 9.17) is 4.74 Å². The van der Waals surface area contributed by atoms with Crippen molar-refractivity contribution in [3.63, 3.8) is 0 Å². The van der Waals surface area contributed by atoms with Crippen LogP contribution in [0.5, 0.6) is 0 Å². The normalized spacial score (nSPS) is 19.2. The molecule has 1 amide bonds. The van der Waals surface area contributed by atoms with Gasteiger partial charge in [-0.3, -0.25) is 4.79 Å². The van der Waals surface area contributed by atoms with Crippen molar-refractivity contribution in [1.29, 1.82) is 0 Å². The average Bonchev–Trinajstić information content (AvgIpc) is 2.95. The van der Waals surface area contributed by atoms with Gasteiger partial charge in [0.15, 0.2) is 4.21 Å². The SMILES string of the molecule is Cc1nc(C)c(S(=O)(=O)NC(=O)CC[C@H]2CCOC2)s1. The third-order valence-corrected chi connectivity index (χ3v) is 6.21. The second kappa shape index (κ2) is 6.19. The first-order valence-electron chi connectivity index (χ1n) is 6.46. The molecule has 1 N–H and O–H groups in total. The molecule has 20 heavy (non-hydrogen) atoms. The highest BCUT2D eigenvalue weighted by Crippen LogP contribution is 2.23. The smallest absolute Gasteiger partial charge is 0.275 e. The molecule has 0 spiro atoms. The van der Waals surface area contributed by atoms with E-state index in [1.807, 2.05) is 0 Å². The summed E-state index contributed by atoms with van der Waals surface area (Å²) >= 11 is 1.07. The molecule has 1 atom stereocenters. The predicted octanol–water partition coefficient (Wildman–Crippen LogP) is 1.38. The van der Waals surface area contributed by atoms with E-state index in [1.165, 1.54) is 0 Å². The number of hydrogen-bond acceptors (Lipinski definition) is 6. The second-order valence-corrected chi connectivity index (χ2v) is 7.98. The van der Waals surface area contributed by atoms with Crippen LogP contribution in [0.15, 0.2) is 4.21 Å². The predicted molar refractivity (Wildman–Crippen MR) is 75.1 cm³/mol. The molecule has 1 fully saturated rings. The van der Waals surface area contributed by atoms with E-state index in [0.29, 0.717) is 29.6 Å². The highest BCUT2D eigenvalue weighted by atomic mass is 32.2. The molecule has 0 aromatic carbocycles. The summed E-state index contributed by atoms with van der Waals surface area (Å²) < 4.78 is 31.6. The number of nitrogens with one attached hydrogen (secondary N) is 1. The van der Waals surface area contributed by atoms with Gasteiger partial charge in [0.1, 0.15) is 0 Å². The number of aromatic nitrogens is 1. The fourth-order valence-corrected chi connectivity index (χ4v) is 4.65. The number of ether oxygens (including phenoxy) is 1. The summed E-state index contributed by atoms with van der Waals surface area (Å²) in [6.45, 7) is 4.74. The summed E-state index contributed by atoms with van der Waals surface area (Å²) in [5, 5.41) is 0.665. The Labute approximate surface area is 122 Å². The van der Waals surface area contributed by atoms with Gasteiger partial charge in [0.05, 0.1) is 10.7 Å². The van der Waals surface area contributed by atoms with Gasteiger partial charge in [-0.15, -0.1) is 11.3 Å². The lowest BCUT2D eigenvalue weighted by Gasteiger charge is -2.08. The van der Waals surface area contributed by atoms with Crippen molar-refractivity contribution in [2.24, 2.45) is 5.92 Å². The molecule has 8 heteroatoms. The van der Waals surface area contributed by atoms with Gasteiger partial charge in [-0.2, -0.15) is 0 Å². The lowest BCUT2D eigenvalue weighted by Crippen LogP contribution is -2.30. The van der Waals surface area contributed by atoms with Crippen molar-refractivity contribution >= 4 is 27.3 Å². The molecule has 0 unspecified atom stereocenters. The van der Waals surface area contributed by atoms with Crippen molar-refractivity contribution in [3.8, 4) is 0 Å². The highest BCUT2D eigenvalue weighted by Gasteiger charge is 2.24. The summed E-state index contributed by atoms with van der Waals surface area (Å²) in [4.78, 5) is 15.8. The van der Waals surface area contributed by atoms with E-state index in [-0.39, 0.29) is 10.6 Å². The molecule has 0 bridgehead atoms. The minimum atomic E-state index is -3.79. The number of rotatable bonds is 5. The van der Waals surface area contributed by atoms with E-state index in [1.54, 1.807) is 13.8 Å². The molecule has 112 valence electrons. The lowest BCUT2D eigenvalue weighted by molar-refractivity contribution is -0.119. The molecule has 0 aliphatic carbocycles. The van der Waals surface area contributed by atoms with E-state index in [9.17, 15) is 13.2 Å². The van der Waals surface area contributed by atoms with E-state index < -0.39 is 15.9 Å². The lowest BCUT2D eigenvalue weighted by atomic mass is 10.0. The molecular weight excluding hydrogens is 300 g/mol. The van der Waals surface area contributed by atoms with E-state index >= 15 is 0 Å². The minimum absolute atomic E-state index is 0.118. The summed E-state index contributed by atoms with van der Waals surface area (Å²) in [5.74, 6) is -0.113. The molecule has 2 rings (SSSR count). The molecule has 0 radical (unpaired) electrons. The summed E-state index contributed by atoms with van der Waals surface area (Å²) in [5.41, 5.74) is 0.428. The van der Waals surface area contributed by atoms with Crippen LogP contribution in [0, 0.1) is 19.8 Å². The van der Waals surface area contributed by atoms with Crippen molar-refractivity contribution in [2.75, 3.05) is 13.2 Å². The van der Waals surface area contributed by atoms with Crippen LogP contribution >= 0.6 is 11.3 Å². The van der Waals surface area contributed by atoms with Crippen molar-refractivity contribution in [1.82, 2.24) is 9.71 Å². The van der Waals surface area contributed by atoms with Crippen LogP contribution in [0.25, 0.3) is 0 Å². The standard InChI is InChI=1S/C12H18N2O4S2/c1-8-12(19-9(2)13-8)20(16,17)14-11(15)4-3-10-5-6-18-7-10/h10H,3-7H2,1-2H3,(H,14,15)/t10-/m0/s1. The van der Waals surface area contributed by atoms with Crippen molar-refractivity contribution in [3.05, 3.63) is 10.7 Å². The fraction of sp³-hybridized carbons (Fsp3) is 0.667. The Morgan fingerprint density at radius 2 is 2.25 bits per heavy atom. The number of carbonyl (C=O) groups excluding carboxylic acids is 1. The number of nitrogens with zero attached hydrogens (tertiary/aromatic N) is 1. The van der Waals surface area contributed by atoms with Crippen LogP contribution in [0.2, 0.25) is 0 Å². The fourth-order valence-electron chi connectivity index (χ4n) is 2.16. The number of sulfonamides is 1. The first-order valence-corrected chi connectivity index (χ1v) is 8.76. The molecule has 1 aliphatic heterocycles. The zero-order valence-corrected chi connectivity index (χ0v) is 13.1. The van der Waals surface area contributed by atoms with Crippen LogP contribution in [-0.2, 0) is 19.6 Å². The first kappa shape index (κ1) is 15.4. The summed E-state index contributed by atoms with van der Waals surface area (Å²) in [7, 11) is -3.79. The van der Waals surface area contributed by atoms with E-state index in [0.717, 1.165) is 24.4 Å². The molecule has 2 heterocycles. The number of thiazole rings is 1. The van der Waals surface area contributed by atoms with Gasteiger partial charge < -0.3 is 4.74 Å². The monoisotopic (exact) mass is 318 g/mol. The quantitative estimate of drug-likeness (QED) is 0.886. The average molecular weight is 318 g/mol. The minimum Gasteiger partial charge on any atom is -0.381 e. The number of aryl methyl sites for hydroxylation is 2. The maximum absolute atomic E-state index is 12.1. The molecule has 1 aliphatic rings. The Hall–Kier alpha value is -0.990. The van der Waals surface area contributed by atoms with Gasteiger partial charge in [0, 0.05) is 19.6 Å². The molecule has 1 aromatic rings. The van der Waals surface area contributed by atoms with Gasteiger partial charge in [-0.25, -0.2) is 18.1 Å². The Bertz CT molecular complexity index is 589. The molecule has 0 saturated carbocycles. The Balaban J connectivity index is 1.94. The summed E-state index contributed by atoms with van der Waals surface area (Å²) in [6.07, 6.45) is 1.79. The van der Waals surface area contributed by atoms with Gasteiger partial charge in [-0.05, 0) is 32.6 Å². The maximum atomic E-state index is 12.1. The Morgan fingerprint density at radius 3 is 2.80 bits per heavy atom. The van der Waals surface area contributed by atoms with Crippen LogP contribution < -0.4 is 4.72 Å². The Kier molecular flexibility index (Phi) is 4.77. The molecule has 6 nitrogen and oxygen atoms in total. The zero-order chi connectivity index (χ0) is 14.8. The van der Waals surface area contributed by atoms with Crippen LogP contribution in [0.4, 0.5) is 0 Å². The number of hydrogen-bond donors (Lipinski definition) is 1. The van der Waals surface area contributed by atoms with Crippen molar-refractivity contribution in [2.45, 2.75) is 37.3 Å². The van der Waals surface area contributed by atoms with E-state index in [2.05, 4.69) is 9.71 Å². The van der Waals surface area contributed by atoms with Gasteiger partial charge in [-0.1, -0.05) is 0 Å². The maximum Gasteiger partial charge on any atom is 0.275 e. The molecule has 1 aromatic heterocycles. The largest absolute Gasteiger partial charge is 0.381 e. The summed E-state index contributed by atoms with van der Waals surface area (Å²) in [6, 6.07) is 0. The van der Waals surface area contributed by atoms with Gasteiger partial charge in [0.2, 0.25) is 5.91 Å². The zero-order valence-electron chi connectivity index (χ0n) is 11.5. The molecular formula is C12H18N2O4S2.